The van der Waals surface area contributed by atoms with E-state index < -0.39 is 10.8 Å². The smallest absolute Gasteiger partial charge is 0.270 e. The van der Waals surface area contributed by atoms with Crippen molar-refractivity contribution in [3.8, 4) is 5.75 Å². The van der Waals surface area contributed by atoms with Crippen LogP contribution in [0, 0.1) is 10.1 Å². The predicted octanol–water partition coefficient (Wildman–Crippen LogP) is 1.75. The van der Waals surface area contributed by atoms with E-state index in [9.17, 15) is 14.9 Å². The number of nitrogens with one attached hydrogen (secondary N) is 2. The molecule has 0 aromatic heterocycles. The van der Waals surface area contributed by atoms with Crippen LogP contribution in [-0.4, -0.2) is 37.1 Å². The van der Waals surface area contributed by atoms with Gasteiger partial charge < -0.3 is 15.4 Å². The summed E-state index contributed by atoms with van der Waals surface area (Å²) in [7, 11) is 1.42. The molecule has 7 nitrogen and oxygen atoms in total. The number of ether oxygens (including phenoxy) is 1. The van der Waals surface area contributed by atoms with Crippen LogP contribution in [0.15, 0.2) is 18.2 Å². The van der Waals surface area contributed by atoms with Gasteiger partial charge >= 0.3 is 0 Å². The highest BCUT2D eigenvalue weighted by molar-refractivity contribution is 5.97. The summed E-state index contributed by atoms with van der Waals surface area (Å²) in [6.45, 7) is 5.14. The molecule has 8 heteroatoms. The van der Waals surface area contributed by atoms with Crippen LogP contribution < -0.4 is 15.4 Å². The molecular formula is C13H20ClN3O4. The molecule has 0 aliphatic carbocycles. The lowest BCUT2D eigenvalue weighted by molar-refractivity contribution is -0.384. The lowest BCUT2D eigenvalue weighted by Gasteiger charge is -2.14. The largest absolute Gasteiger partial charge is 0.496 e. The minimum absolute atomic E-state index is 0. The predicted molar refractivity (Wildman–Crippen MR) is 82.4 cm³/mol. The second-order valence-electron chi connectivity index (χ2n) is 4.31. The molecule has 118 valence electrons. The molecule has 1 aromatic rings. The van der Waals surface area contributed by atoms with Gasteiger partial charge in [0.05, 0.1) is 17.6 Å². The monoisotopic (exact) mass is 317 g/mol. The van der Waals surface area contributed by atoms with Gasteiger partial charge in [-0.3, -0.25) is 14.9 Å². The normalized spacial score (nSPS) is 11.2. The summed E-state index contributed by atoms with van der Waals surface area (Å²) in [5, 5.41) is 16.6. The summed E-state index contributed by atoms with van der Waals surface area (Å²) in [6, 6.07) is 4.05. The van der Waals surface area contributed by atoms with Crippen LogP contribution in [0.1, 0.15) is 24.2 Å². The molecule has 0 fully saturated rings. The average Bonchev–Trinajstić information content (AvgIpc) is 2.44. The van der Waals surface area contributed by atoms with Gasteiger partial charge in [-0.25, -0.2) is 0 Å². The fourth-order valence-corrected chi connectivity index (χ4v) is 1.75. The fourth-order valence-electron chi connectivity index (χ4n) is 1.75. The number of halogens is 1. The van der Waals surface area contributed by atoms with Crippen molar-refractivity contribution in [1.29, 1.82) is 0 Å². The van der Waals surface area contributed by atoms with Crippen LogP contribution in [0.4, 0.5) is 5.69 Å². The Morgan fingerprint density at radius 3 is 2.67 bits per heavy atom. The Labute approximate surface area is 129 Å². The molecule has 0 aliphatic heterocycles. The molecule has 0 bridgehead atoms. The Morgan fingerprint density at radius 2 is 2.14 bits per heavy atom. The zero-order chi connectivity index (χ0) is 15.1. The Morgan fingerprint density at radius 1 is 1.48 bits per heavy atom. The summed E-state index contributed by atoms with van der Waals surface area (Å²) in [5.41, 5.74) is 0.0149. The van der Waals surface area contributed by atoms with Gasteiger partial charge in [-0.05, 0) is 19.5 Å². The number of methoxy groups -OCH3 is 1. The highest BCUT2D eigenvalue weighted by Crippen LogP contribution is 2.23. The molecule has 0 unspecified atom stereocenters. The maximum absolute atomic E-state index is 12.1. The molecule has 0 saturated heterocycles. The summed E-state index contributed by atoms with van der Waals surface area (Å²) in [6.07, 6.45) is 0. The number of hydrogen-bond acceptors (Lipinski definition) is 5. The van der Waals surface area contributed by atoms with Crippen LogP contribution in [0.3, 0.4) is 0 Å². The first-order valence-corrected chi connectivity index (χ1v) is 6.33. The highest BCUT2D eigenvalue weighted by atomic mass is 35.5. The van der Waals surface area contributed by atoms with E-state index in [1.165, 1.54) is 25.3 Å². The Balaban J connectivity index is 0.00000400. The van der Waals surface area contributed by atoms with Crippen molar-refractivity contribution in [2.45, 2.75) is 19.9 Å². The Bertz CT molecular complexity index is 496. The number of amides is 1. The van der Waals surface area contributed by atoms with Crippen LogP contribution in [0.25, 0.3) is 0 Å². The first-order chi connectivity index (χ1) is 9.49. The zero-order valence-corrected chi connectivity index (χ0v) is 13.0. The Kier molecular flexibility index (Phi) is 8.34. The minimum atomic E-state index is -0.544. The van der Waals surface area contributed by atoms with E-state index in [1.807, 2.05) is 13.8 Å². The summed E-state index contributed by atoms with van der Waals surface area (Å²) >= 11 is 0. The van der Waals surface area contributed by atoms with E-state index in [-0.39, 0.29) is 29.7 Å². The van der Waals surface area contributed by atoms with E-state index in [0.29, 0.717) is 12.3 Å². The fraction of sp³-hybridized carbons (Fsp3) is 0.462. The molecule has 0 heterocycles. The summed E-state index contributed by atoms with van der Waals surface area (Å²) in [4.78, 5) is 22.3. The number of likely N-dealkylation sites (N-methyl/N-ethyl adjacent to an activating group) is 1. The number of benzene rings is 1. The summed E-state index contributed by atoms with van der Waals surface area (Å²) < 4.78 is 5.06. The molecule has 1 rings (SSSR count). The number of rotatable bonds is 7. The Hall–Kier alpha value is -1.86. The van der Waals surface area contributed by atoms with Crippen molar-refractivity contribution in [3.05, 3.63) is 33.9 Å². The molecule has 0 aliphatic rings. The number of carbonyl (C=O) groups is 1. The number of hydrogen-bond donors (Lipinski definition) is 2. The maximum Gasteiger partial charge on any atom is 0.270 e. The molecule has 1 aromatic carbocycles. The van der Waals surface area contributed by atoms with Crippen molar-refractivity contribution in [2.75, 3.05) is 20.2 Å². The van der Waals surface area contributed by atoms with Gasteiger partial charge in [0.2, 0.25) is 0 Å². The highest BCUT2D eigenvalue weighted by Gasteiger charge is 2.17. The second kappa shape index (κ2) is 9.15. The third kappa shape index (κ3) is 5.57. The third-order valence-electron chi connectivity index (χ3n) is 2.76. The van der Waals surface area contributed by atoms with E-state index in [2.05, 4.69) is 10.6 Å². The topological polar surface area (TPSA) is 93.5 Å². The third-order valence-corrected chi connectivity index (χ3v) is 2.76. The van der Waals surface area contributed by atoms with Crippen LogP contribution in [-0.2, 0) is 0 Å². The molecule has 1 amide bonds. The van der Waals surface area contributed by atoms with Crippen molar-refractivity contribution in [1.82, 2.24) is 10.6 Å². The van der Waals surface area contributed by atoms with Gasteiger partial charge in [0.25, 0.3) is 11.6 Å². The van der Waals surface area contributed by atoms with E-state index in [0.717, 1.165) is 6.54 Å². The van der Waals surface area contributed by atoms with Gasteiger partial charge in [-0.15, -0.1) is 12.4 Å². The molecule has 21 heavy (non-hydrogen) atoms. The number of nitro benzene ring substituents is 1. The molecular weight excluding hydrogens is 298 g/mol. The van der Waals surface area contributed by atoms with Crippen molar-refractivity contribution in [3.63, 3.8) is 0 Å². The van der Waals surface area contributed by atoms with Crippen molar-refractivity contribution < 1.29 is 14.5 Å². The van der Waals surface area contributed by atoms with Gasteiger partial charge in [0.1, 0.15) is 5.75 Å². The van der Waals surface area contributed by atoms with Crippen molar-refractivity contribution >= 4 is 24.0 Å². The lowest BCUT2D eigenvalue weighted by Crippen LogP contribution is -2.38. The first kappa shape index (κ1) is 19.1. The standard InChI is InChI=1S/C13H19N3O4.ClH/c1-4-14-9(2)8-15-13(17)11-7-10(16(18)19)5-6-12(11)20-3;/h5-7,9,14H,4,8H2,1-3H3,(H,15,17);1H/t9-;/m1./s1. The first-order valence-electron chi connectivity index (χ1n) is 6.33. The number of carbonyl (C=O) groups excluding carboxylic acids is 1. The molecule has 0 spiro atoms. The molecule has 0 saturated carbocycles. The lowest BCUT2D eigenvalue weighted by atomic mass is 10.1. The number of non-ortho nitro benzene ring substituents is 1. The zero-order valence-electron chi connectivity index (χ0n) is 12.2. The average molecular weight is 318 g/mol. The van der Waals surface area contributed by atoms with Crippen molar-refractivity contribution in [2.24, 2.45) is 0 Å². The maximum atomic E-state index is 12.1. The quantitative estimate of drug-likeness (QED) is 0.590. The van der Waals surface area contributed by atoms with E-state index in [4.69, 9.17) is 4.74 Å². The van der Waals surface area contributed by atoms with E-state index >= 15 is 0 Å². The molecule has 0 radical (unpaired) electrons. The molecule has 2 N–H and O–H groups in total. The van der Waals surface area contributed by atoms with Gasteiger partial charge in [0.15, 0.2) is 0 Å². The van der Waals surface area contributed by atoms with Crippen LogP contribution in [0.5, 0.6) is 5.75 Å². The second-order valence-corrected chi connectivity index (χ2v) is 4.31. The summed E-state index contributed by atoms with van der Waals surface area (Å²) in [5.74, 6) is -0.0838. The van der Waals surface area contributed by atoms with Gasteiger partial charge in [-0.1, -0.05) is 6.92 Å². The SMILES string of the molecule is CCN[C@H](C)CNC(=O)c1cc([N+](=O)[O-])ccc1OC.Cl. The van der Waals surface area contributed by atoms with Gasteiger partial charge in [0, 0.05) is 24.7 Å². The minimum Gasteiger partial charge on any atom is -0.496 e. The van der Waals surface area contributed by atoms with Crippen LogP contribution in [0.2, 0.25) is 0 Å². The number of nitrogens with zero attached hydrogens (tertiary/aromatic N) is 1. The molecule has 1 atom stereocenters. The number of nitro groups is 1. The van der Waals surface area contributed by atoms with Gasteiger partial charge in [-0.2, -0.15) is 0 Å². The van der Waals surface area contributed by atoms with E-state index in [1.54, 1.807) is 0 Å². The van der Waals surface area contributed by atoms with Crippen LogP contribution >= 0.6 is 12.4 Å².